The summed E-state index contributed by atoms with van der Waals surface area (Å²) >= 11 is 1.62. The van der Waals surface area contributed by atoms with Gasteiger partial charge in [-0.3, -0.25) is 0 Å². The quantitative estimate of drug-likeness (QED) is 0.644. The molecule has 3 atom stereocenters. The van der Waals surface area contributed by atoms with Crippen molar-refractivity contribution in [3.63, 3.8) is 0 Å². The molecule has 1 aromatic rings. The fraction of sp³-hybridized carbons (Fsp3) is 0.600. The number of aryl methyl sites for hydroxylation is 1. The summed E-state index contributed by atoms with van der Waals surface area (Å²) in [5.41, 5.74) is 1.18. The minimum atomic E-state index is -0.569. The second-order valence-electron chi connectivity index (χ2n) is 4.93. The molecular weight excluding hydrogens is 274 g/mol. The van der Waals surface area contributed by atoms with Crippen LogP contribution in [0.25, 0.3) is 0 Å². The lowest BCUT2D eigenvalue weighted by Crippen LogP contribution is -2.42. The predicted molar refractivity (Wildman–Crippen MR) is 84.5 cm³/mol. The third-order valence-corrected chi connectivity index (χ3v) is 4.34. The number of aliphatic hydroxyl groups is 2. The van der Waals surface area contributed by atoms with Crippen molar-refractivity contribution in [1.82, 2.24) is 5.32 Å². The number of benzene rings is 1. The highest BCUT2D eigenvalue weighted by atomic mass is 32.2. The molecule has 0 radical (unpaired) electrons. The third-order valence-electron chi connectivity index (χ3n) is 3.18. The molecule has 0 aliphatic carbocycles. The summed E-state index contributed by atoms with van der Waals surface area (Å²) in [4.78, 5) is 0. The van der Waals surface area contributed by atoms with Gasteiger partial charge in [0.2, 0.25) is 0 Å². The largest absolute Gasteiger partial charge is 0.491 e. The highest BCUT2D eigenvalue weighted by molar-refractivity contribution is 7.99. The fourth-order valence-electron chi connectivity index (χ4n) is 1.78. The van der Waals surface area contributed by atoms with E-state index in [0.29, 0.717) is 6.54 Å². The van der Waals surface area contributed by atoms with Crippen LogP contribution in [-0.2, 0) is 0 Å². The van der Waals surface area contributed by atoms with Gasteiger partial charge in [-0.25, -0.2) is 0 Å². The Balaban J connectivity index is 2.26. The molecule has 3 unspecified atom stereocenters. The van der Waals surface area contributed by atoms with Crippen molar-refractivity contribution in [3.05, 3.63) is 29.8 Å². The molecule has 4 nitrogen and oxygen atoms in total. The van der Waals surface area contributed by atoms with E-state index in [1.54, 1.807) is 11.8 Å². The molecule has 0 spiro atoms. The van der Waals surface area contributed by atoms with Gasteiger partial charge in [-0.1, -0.05) is 17.7 Å². The van der Waals surface area contributed by atoms with Crippen LogP contribution in [0.3, 0.4) is 0 Å². The maximum absolute atomic E-state index is 9.88. The third kappa shape index (κ3) is 6.13. The molecule has 0 aromatic heterocycles. The van der Waals surface area contributed by atoms with Crippen molar-refractivity contribution in [3.8, 4) is 5.75 Å². The van der Waals surface area contributed by atoms with Crippen molar-refractivity contribution >= 4 is 11.8 Å². The Morgan fingerprint density at radius 3 is 2.50 bits per heavy atom. The minimum Gasteiger partial charge on any atom is -0.491 e. The lowest BCUT2D eigenvalue weighted by Gasteiger charge is -2.23. The molecule has 114 valence electrons. The van der Waals surface area contributed by atoms with E-state index in [1.165, 1.54) is 5.56 Å². The van der Waals surface area contributed by atoms with Crippen LogP contribution >= 0.6 is 11.8 Å². The predicted octanol–water partition coefficient (Wildman–Crippen LogP) is 1.44. The van der Waals surface area contributed by atoms with Gasteiger partial charge in [0, 0.05) is 17.8 Å². The molecule has 3 N–H and O–H groups in total. The molecule has 0 amide bonds. The average molecular weight is 299 g/mol. The van der Waals surface area contributed by atoms with E-state index < -0.39 is 6.10 Å². The van der Waals surface area contributed by atoms with Gasteiger partial charge < -0.3 is 20.3 Å². The van der Waals surface area contributed by atoms with E-state index in [0.717, 1.165) is 5.75 Å². The van der Waals surface area contributed by atoms with Crippen LogP contribution in [-0.4, -0.2) is 53.6 Å². The zero-order chi connectivity index (χ0) is 15.0. The summed E-state index contributed by atoms with van der Waals surface area (Å²) in [5, 5.41) is 22.4. The topological polar surface area (TPSA) is 61.7 Å². The fourth-order valence-corrected chi connectivity index (χ4v) is 2.43. The van der Waals surface area contributed by atoms with E-state index in [2.05, 4.69) is 5.32 Å². The zero-order valence-electron chi connectivity index (χ0n) is 12.4. The monoisotopic (exact) mass is 299 g/mol. The van der Waals surface area contributed by atoms with E-state index in [1.807, 2.05) is 44.4 Å². The molecule has 0 saturated carbocycles. The normalized spacial score (nSPS) is 15.7. The second-order valence-corrected chi connectivity index (χ2v) is 6.01. The van der Waals surface area contributed by atoms with Crippen LogP contribution in [0.4, 0.5) is 0 Å². The number of hydrogen-bond donors (Lipinski definition) is 3. The van der Waals surface area contributed by atoms with Gasteiger partial charge in [0.25, 0.3) is 0 Å². The Hall–Kier alpha value is -0.750. The Bertz CT molecular complexity index is 368. The molecule has 0 saturated heterocycles. The van der Waals surface area contributed by atoms with E-state index in [-0.39, 0.29) is 24.5 Å². The van der Waals surface area contributed by atoms with E-state index in [4.69, 9.17) is 4.74 Å². The summed E-state index contributed by atoms with van der Waals surface area (Å²) < 4.78 is 5.52. The lowest BCUT2D eigenvalue weighted by molar-refractivity contribution is 0.103. The van der Waals surface area contributed by atoms with E-state index >= 15 is 0 Å². The maximum atomic E-state index is 9.88. The van der Waals surface area contributed by atoms with Gasteiger partial charge >= 0.3 is 0 Å². The Morgan fingerprint density at radius 1 is 1.30 bits per heavy atom. The first-order chi connectivity index (χ1) is 9.56. The smallest absolute Gasteiger partial charge is 0.119 e. The maximum Gasteiger partial charge on any atom is 0.119 e. The number of nitrogens with one attached hydrogen (secondary N) is 1. The zero-order valence-corrected chi connectivity index (χ0v) is 13.2. The molecule has 0 aliphatic rings. The molecular formula is C15H25NO3S. The number of ether oxygens (including phenoxy) is 1. The molecule has 0 fully saturated rings. The van der Waals surface area contributed by atoms with Crippen LogP contribution in [0, 0.1) is 6.92 Å². The Kier molecular flexibility index (Phi) is 7.99. The molecule has 20 heavy (non-hydrogen) atoms. The minimum absolute atomic E-state index is 0.130. The number of thioether (sulfide) groups is 1. The van der Waals surface area contributed by atoms with Crippen LogP contribution in [0.15, 0.2) is 24.3 Å². The van der Waals surface area contributed by atoms with Crippen LogP contribution in [0.2, 0.25) is 0 Å². The van der Waals surface area contributed by atoms with Crippen molar-refractivity contribution in [2.75, 3.05) is 26.0 Å². The summed E-state index contributed by atoms with van der Waals surface area (Å²) in [6.45, 7) is 4.86. The molecule has 5 heteroatoms. The van der Waals surface area contributed by atoms with Crippen molar-refractivity contribution in [1.29, 1.82) is 0 Å². The molecule has 1 aromatic carbocycles. The highest BCUT2D eigenvalue weighted by Crippen LogP contribution is 2.12. The Morgan fingerprint density at radius 2 is 1.95 bits per heavy atom. The van der Waals surface area contributed by atoms with Crippen LogP contribution in [0.1, 0.15) is 12.5 Å². The van der Waals surface area contributed by atoms with Crippen molar-refractivity contribution in [2.45, 2.75) is 31.2 Å². The molecule has 1 rings (SSSR count). The standard InChI is InChI=1S/C15H25NO3S/c1-11-4-6-14(7-5-11)19-10-13(18)8-16-12(2)15(9-17)20-3/h4-7,12-13,15-18H,8-10H2,1-3H3. The van der Waals surface area contributed by atoms with Gasteiger partial charge in [0.15, 0.2) is 0 Å². The first kappa shape index (κ1) is 17.3. The van der Waals surface area contributed by atoms with Gasteiger partial charge in [0.05, 0.1) is 6.61 Å². The highest BCUT2D eigenvalue weighted by Gasteiger charge is 2.16. The Labute approximate surface area is 125 Å². The summed E-state index contributed by atoms with van der Waals surface area (Å²) in [5.74, 6) is 0.764. The van der Waals surface area contributed by atoms with Gasteiger partial charge in [0.1, 0.15) is 18.5 Å². The summed E-state index contributed by atoms with van der Waals surface area (Å²) in [7, 11) is 0. The first-order valence-corrected chi connectivity index (χ1v) is 8.10. The molecule has 0 heterocycles. The second kappa shape index (κ2) is 9.23. The SMILES string of the molecule is CSC(CO)C(C)NCC(O)COc1ccc(C)cc1. The summed E-state index contributed by atoms with van der Waals surface area (Å²) in [6.07, 6.45) is 1.40. The number of hydrogen-bond acceptors (Lipinski definition) is 5. The van der Waals surface area contributed by atoms with Gasteiger partial charge in [-0.05, 0) is 32.2 Å². The summed E-state index contributed by atoms with van der Waals surface area (Å²) in [6, 6.07) is 7.89. The van der Waals surface area contributed by atoms with Crippen LogP contribution in [0.5, 0.6) is 5.75 Å². The number of rotatable bonds is 9. The van der Waals surface area contributed by atoms with Gasteiger partial charge in [-0.15, -0.1) is 0 Å². The molecule has 0 aliphatic heterocycles. The van der Waals surface area contributed by atoms with E-state index in [9.17, 15) is 10.2 Å². The number of aliphatic hydroxyl groups excluding tert-OH is 2. The molecule has 0 bridgehead atoms. The van der Waals surface area contributed by atoms with Crippen molar-refractivity contribution < 1.29 is 14.9 Å². The van der Waals surface area contributed by atoms with Gasteiger partial charge in [-0.2, -0.15) is 11.8 Å². The lowest BCUT2D eigenvalue weighted by atomic mass is 10.2. The van der Waals surface area contributed by atoms with Crippen molar-refractivity contribution in [2.24, 2.45) is 0 Å². The first-order valence-electron chi connectivity index (χ1n) is 6.81. The average Bonchev–Trinajstić information content (AvgIpc) is 2.45. The van der Waals surface area contributed by atoms with Crippen LogP contribution < -0.4 is 10.1 Å².